The number of hydrogen-bond acceptors (Lipinski definition) is 6. The number of rotatable bonds is 8. The highest BCUT2D eigenvalue weighted by Gasteiger charge is 2.21. The molecule has 0 fully saturated rings. The quantitative estimate of drug-likeness (QED) is 0.411. The number of nitrogens with zero attached hydrogens (tertiary/aromatic N) is 3. The number of ether oxygens (including phenoxy) is 2. The van der Waals surface area contributed by atoms with Crippen LogP contribution in [-0.4, -0.2) is 34.5 Å². The summed E-state index contributed by atoms with van der Waals surface area (Å²) >= 11 is 0. The number of aryl methyl sites for hydroxylation is 1. The van der Waals surface area contributed by atoms with Gasteiger partial charge in [-0.1, -0.05) is 60.2 Å². The maximum atomic E-state index is 13.4. The molecule has 4 rings (SSSR count). The zero-order valence-electron chi connectivity index (χ0n) is 20.2. The van der Waals surface area contributed by atoms with Crippen molar-refractivity contribution < 1.29 is 14.3 Å². The largest absolute Gasteiger partial charge is 0.493 e. The van der Waals surface area contributed by atoms with Gasteiger partial charge in [0.05, 0.1) is 26.5 Å². The van der Waals surface area contributed by atoms with Crippen molar-refractivity contribution in [3.8, 4) is 17.2 Å². The summed E-state index contributed by atoms with van der Waals surface area (Å²) in [7, 11) is 2.97. The van der Waals surface area contributed by atoms with E-state index >= 15 is 0 Å². The Kier molecular flexibility index (Phi) is 7.29. The van der Waals surface area contributed by atoms with E-state index in [9.17, 15) is 14.4 Å². The van der Waals surface area contributed by atoms with Crippen LogP contribution in [0.15, 0.2) is 82.4 Å². The number of hydrogen-bond donors (Lipinski definition) is 1. The number of aromatic nitrogens is 3. The van der Waals surface area contributed by atoms with Crippen LogP contribution >= 0.6 is 0 Å². The molecule has 1 N–H and O–H groups in total. The molecule has 3 aromatic carbocycles. The smallest absolute Gasteiger partial charge is 0.352 e. The van der Waals surface area contributed by atoms with Gasteiger partial charge in [0, 0.05) is 12.6 Å². The Morgan fingerprint density at radius 3 is 2.25 bits per heavy atom. The molecular weight excluding hydrogens is 460 g/mol. The lowest BCUT2D eigenvalue weighted by Gasteiger charge is -2.14. The molecule has 1 heterocycles. The maximum absolute atomic E-state index is 13.4. The number of benzene rings is 3. The van der Waals surface area contributed by atoms with Crippen molar-refractivity contribution in [2.45, 2.75) is 20.0 Å². The Hall–Kier alpha value is -4.66. The zero-order chi connectivity index (χ0) is 25.7. The monoisotopic (exact) mass is 486 g/mol. The normalized spacial score (nSPS) is 10.6. The number of carbonyl (C=O) groups excluding carboxylic acids is 1. The van der Waals surface area contributed by atoms with Crippen molar-refractivity contribution in [1.29, 1.82) is 0 Å². The van der Waals surface area contributed by atoms with Crippen LogP contribution in [0.5, 0.6) is 11.5 Å². The predicted octanol–water partition coefficient (Wildman–Crippen LogP) is 2.70. The van der Waals surface area contributed by atoms with Gasteiger partial charge in [0.25, 0.3) is 11.5 Å². The van der Waals surface area contributed by atoms with E-state index in [0.29, 0.717) is 17.2 Å². The minimum absolute atomic E-state index is 0.0211. The highest BCUT2D eigenvalue weighted by molar-refractivity contribution is 5.91. The molecule has 0 saturated carbocycles. The lowest BCUT2D eigenvalue weighted by atomic mass is 10.1. The summed E-state index contributed by atoms with van der Waals surface area (Å²) in [4.78, 5) is 39.8. The van der Waals surface area contributed by atoms with Gasteiger partial charge in [-0.2, -0.15) is 9.78 Å². The van der Waals surface area contributed by atoms with Gasteiger partial charge in [0.2, 0.25) is 5.69 Å². The van der Waals surface area contributed by atoms with Crippen LogP contribution in [0.2, 0.25) is 0 Å². The van der Waals surface area contributed by atoms with Crippen molar-refractivity contribution >= 4 is 5.91 Å². The van der Waals surface area contributed by atoms with Crippen LogP contribution < -0.4 is 26.0 Å². The standard InChI is InChI=1S/C27H26N4O5/c1-18-9-11-20(12-10-18)17-30-26(33)24(25(32)28-16-19-7-5-4-6-8-19)29-31(27(30)34)21-13-14-22(35-2)23(15-21)36-3/h4-15H,16-17H2,1-3H3,(H,28,32). The summed E-state index contributed by atoms with van der Waals surface area (Å²) < 4.78 is 12.6. The third-order valence-corrected chi connectivity index (χ3v) is 5.64. The fourth-order valence-electron chi connectivity index (χ4n) is 3.66. The average Bonchev–Trinajstić information content (AvgIpc) is 2.91. The predicted molar refractivity (Wildman–Crippen MR) is 135 cm³/mol. The average molecular weight is 487 g/mol. The molecule has 9 heteroatoms. The molecule has 184 valence electrons. The highest BCUT2D eigenvalue weighted by atomic mass is 16.5. The van der Waals surface area contributed by atoms with Gasteiger partial charge in [-0.3, -0.25) is 14.2 Å². The summed E-state index contributed by atoms with van der Waals surface area (Å²) in [6, 6.07) is 21.5. The molecule has 0 saturated heterocycles. The van der Waals surface area contributed by atoms with E-state index in [1.54, 1.807) is 18.2 Å². The number of nitrogens with one attached hydrogen (secondary N) is 1. The molecule has 0 bridgehead atoms. The molecular formula is C27H26N4O5. The van der Waals surface area contributed by atoms with Crippen LogP contribution in [0.3, 0.4) is 0 Å². The molecule has 0 radical (unpaired) electrons. The third kappa shape index (κ3) is 5.20. The molecule has 36 heavy (non-hydrogen) atoms. The molecule has 0 unspecified atom stereocenters. The molecule has 0 atom stereocenters. The fourth-order valence-corrected chi connectivity index (χ4v) is 3.66. The van der Waals surface area contributed by atoms with Gasteiger partial charge in [-0.25, -0.2) is 4.79 Å². The van der Waals surface area contributed by atoms with Crippen molar-refractivity contribution in [3.63, 3.8) is 0 Å². The van der Waals surface area contributed by atoms with E-state index in [0.717, 1.165) is 25.9 Å². The second kappa shape index (κ2) is 10.7. The lowest BCUT2D eigenvalue weighted by Crippen LogP contribution is -2.46. The number of amides is 1. The third-order valence-electron chi connectivity index (χ3n) is 5.64. The number of carbonyl (C=O) groups is 1. The Bertz CT molecular complexity index is 1490. The first-order valence-electron chi connectivity index (χ1n) is 11.3. The van der Waals surface area contributed by atoms with Gasteiger partial charge in [0.15, 0.2) is 11.5 Å². The van der Waals surface area contributed by atoms with Crippen molar-refractivity contribution in [3.05, 3.63) is 116 Å². The summed E-state index contributed by atoms with van der Waals surface area (Å²) in [5.74, 6) is 0.147. The first-order valence-corrected chi connectivity index (χ1v) is 11.3. The Morgan fingerprint density at radius 2 is 1.58 bits per heavy atom. The SMILES string of the molecule is COc1ccc(-n2nc(C(=O)NCc3ccccc3)c(=O)n(Cc3ccc(C)cc3)c2=O)cc1OC. The molecule has 9 nitrogen and oxygen atoms in total. The van der Waals surface area contributed by atoms with E-state index < -0.39 is 22.9 Å². The fraction of sp³-hybridized carbons (Fsp3) is 0.185. The number of methoxy groups -OCH3 is 2. The topological polar surface area (TPSA) is 104 Å². The van der Waals surface area contributed by atoms with Crippen molar-refractivity contribution in [1.82, 2.24) is 19.7 Å². The zero-order valence-corrected chi connectivity index (χ0v) is 20.2. The molecule has 0 spiro atoms. The minimum atomic E-state index is -0.775. The van der Waals surface area contributed by atoms with Gasteiger partial charge >= 0.3 is 5.69 Å². The molecule has 1 amide bonds. The van der Waals surface area contributed by atoms with E-state index in [4.69, 9.17) is 9.47 Å². The van der Waals surface area contributed by atoms with E-state index in [1.165, 1.54) is 14.2 Å². The molecule has 0 aliphatic rings. The van der Waals surface area contributed by atoms with Crippen LogP contribution in [0.4, 0.5) is 0 Å². The summed E-state index contributed by atoms with van der Waals surface area (Å²) in [6.07, 6.45) is 0. The second-order valence-electron chi connectivity index (χ2n) is 8.13. The summed E-state index contributed by atoms with van der Waals surface area (Å²) in [5.41, 5.74) is 1.10. The van der Waals surface area contributed by atoms with E-state index in [2.05, 4.69) is 10.4 Å². The summed E-state index contributed by atoms with van der Waals surface area (Å²) in [6.45, 7) is 2.13. The molecule has 4 aromatic rings. The second-order valence-corrected chi connectivity index (χ2v) is 8.13. The van der Waals surface area contributed by atoms with Crippen LogP contribution in [0, 0.1) is 6.92 Å². The van der Waals surface area contributed by atoms with Crippen molar-refractivity contribution in [2.24, 2.45) is 0 Å². The first-order chi connectivity index (χ1) is 17.4. The molecule has 0 aliphatic carbocycles. The van der Waals surface area contributed by atoms with Gasteiger partial charge < -0.3 is 14.8 Å². The molecule has 0 aliphatic heterocycles. The van der Waals surface area contributed by atoms with E-state index in [1.807, 2.05) is 61.5 Å². The van der Waals surface area contributed by atoms with Gasteiger partial charge in [0.1, 0.15) is 0 Å². The van der Waals surface area contributed by atoms with Gasteiger partial charge in [-0.05, 0) is 30.2 Å². The van der Waals surface area contributed by atoms with Crippen LogP contribution in [-0.2, 0) is 13.1 Å². The maximum Gasteiger partial charge on any atom is 0.352 e. The first kappa shape index (κ1) is 24.5. The Balaban J connectivity index is 1.81. The minimum Gasteiger partial charge on any atom is -0.493 e. The van der Waals surface area contributed by atoms with Gasteiger partial charge in [-0.15, -0.1) is 0 Å². The highest BCUT2D eigenvalue weighted by Crippen LogP contribution is 2.28. The van der Waals surface area contributed by atoms with Crippen LogP contribution in [0.1, 0.15) is 27.2 Å². The Labute approximate surface area is 207 Å². The van der Waals surface area contributed by atoms with Crippen molar-refractivity contribution in [2.75, 3.05) is 14.2 Å². The summed E-state index contributed by atoms with van der Waals surface area (Å²) in [5, 5.41) is 6.88. The van der Waals surface area contributed by atoms with E-state index in [-0.39, 0.29) is 13.1 Å². The Morgan fingerprint density at radius 1 is 0.889 bits per heavy atom. The van der Waals surface area contributed by atoms with Crippen LogP contribution in [0.25, 0.3) is 5.69 Å². The molecule has 1 aromatic heterocycles. The lowest BCUT2D eigenvalue weighted by molar-refractivity contribution is 0.0941.